The van der Waals surface area contributed by atoms with Crippen molar-refractivity contribution < 1.29 is 4.79 Å². The molecule has 2 aromatic rings. The largest absolute Gasteiger partial charge is 0.356 e. The second-order valence-corrected chi connectivity index (χ2v) is 6.80. The molecule has 0 unspecified atom stereocenters. The lowest BCUT2D eigenvalue weighted by Crippen LogP contribution is -2.47. The molecule has 3 rings (SSSR count). The summed E-state index contributed by atoms with van der Waals surface area (Å²) in [5.41, 5.74) is 1.68. The number of piperidine rings is 1. The highest BCUT2D eigenvalue weighted by molar-refractivity contribution is 5.78. The predicted molar refractivity (Wildman–Crippen MR) is 98.1 cm³/mol. The van der Waals surface area contributed by atoms with Crippen LogP contribution in [0.3, 0.4) is 0 Å². The number of nitrogens with zero attached hydrogens (tertiary/aromatic N) is 5. The smallest absolute Gasteiger partial charge is 0.225 e. The summed E-state index contributed by atoms with van der Waals surface area (Å²) in [6, 6.07) is 8.10. The molecule has 2 aromatic heterocycles. The van der Waals surface area contributed by atoms with Gasteiger partial charge in [-0.3, -0.25) is 9.78 Å². The molecule has 0 atom stereocenters. The Morgan fingerprint density at radius 2 is 1.92 bits per heavy atom. The van der Waals surface area contributed by atoms with Gasteiger partial charge >= 0.3 is 0 Å². The number of amides is 1. The van der Waals surface area contributed by atoms with Gasteiger partial charge in [-0.15, -0.1) is 0 Å². The van der Waals surface area contributed by atoms with Crippen molar-refractivity contribution in [2.75, 3.05) is 25.0 Å². The molecule has 0 N–H and O–H groups in total. The molecule has 6 nitrogen and oxygen atoms in total. The van der Waals surface area contributed by atoms with Gasteiger partial charge in [0.25, 0.3) is 0 Å². The highest BCUT2D eigenvalue weighted by atomic mass is 16.2. The Labute approximate surface area is 148 Å². The molecule has 1 aliphatic heterocycles. The van der Waals surface area contributed by atoms with E-state index in [9.17, 15) is 4.79 Å². The fourth-order valence-corrected chi connectivity index (χ4v) is 3.24. The van der Waals surface area contributed by atoms with Crippen LogP contribution in [0.15, 0.2) is 36.8 Å². The van der Waals surface area contributed by atoms with E-state index in [1.54, 1.807) is 12.5 Å². The maximum Gasteiger partial charge on any atom is 0.225 e. The zero-order valence-electron chi connectivity index (χ0n) is 15.1. The first kappa shape index (κ1) is 17.3. The van der Waals surface area contributed by atoms with E-state index >= 15 is 0 Å². The van der Waals surface area contributed by atoms with Crippen LogP contribution in [0.1, 0.15) is 26.7 Å². The molecular weight excluding hydrogens is 314 g/mol. The molecule has 1 amide bonds. The Morgan fingerprint density at radius 1 is 1.16 bits per heavy atom. The molecule has 132 valence electrons. The van der Waals surface area contributed by atoms with Crippen LogP contribution in [0.2, 0.25) is 0 Å². The average molecular weight is 339 g/mol. The van der Waals surface area contributed by atoms with E-state index < -0.39 is 0 Å². The normalized spacial score (nSPS) is 15.4. The van der Waals surface area contributed by atoms with Crippen LogP contribution in [-0.2, 0) is 4.79 Å². The van der Waals surface area contributed by atoms with E-state index in [2.05, 4.69) is 19.9 Å². The number of aromatic nitrogens is 3. The van der Waals surface area contributed by atoms with Crippen molar-refractivity contribution in [3.05, 3.63) is 36.8 Å². The van der Waals surface area contributed by atoms with E-state index in [4.69, 9.17) is 0 Å². The van der Waals surface area contributed by atoms with Gasteiger partial charge in [-0.2, -0.15) is 0 Å². The fraction of sp³-hybridized carbons (Fsp3) is 0.474. The second-order valence-electron chi connectivity index (χ2n) is 6.80. The topological polar surface area (TPSA) is 62.2 Å². The van der Waals surface area contributed by atoms with E-state index in [1.165, 1.54) is 0 Å². The molecule has 25 heavy (non-hydrogen) atoms. The maximum absolute atomic E-state index is 12.2. The van der Waals surface area contributed by atoms with Gasteiger partial charge in [-0.1, -0.05) is 19.9 Å². The highest BCUT2D eigenvalue weighted by Crippen LogP contribution is 2.24. The Morgan fingerprint density at radius 3 is 2.56 bits per heavy atom. The zero-order valence-corrected chi connectivity index (χ0v) is 15.1. The number of rotatable bonds is 4. The molecule has 1 saturated heterocycles. The van der Waals surface area contributed by atoms with Crippen molar-refractivity contribution >= 4 is 11.7 Å². The fourth-order valence-electron chi connectivity index (χ4n) is 3.24. The van der Waals surface area contributed by atoms with Crippen LogP contribution in [-0.4, -0.2) is 51.9 Å². The molecule has 3 heterocycles. The maximum atomic E-state index is 12.2. The van der Waals surface area contributed by atoms with Gasteiger partial charge in [0, 0.05) is 44.4 Å². The zero-order chi connectivity index (χ0) is 17.8. The first-order chi connectivity index (χ1) is 12.1. The van der Waals surface area contributed by atoms with Crippen molar-refractivity contribution in [3.8, 4) is 11.4 Å². The monoisotopic (exact) mass is 339 g/mol. The minimum Gasteiger partial charge on any atom is -0.356 e. The van der Waals surface area contributed by atoms with Gasteiger partial charge in [0.05, 0.1) is 11.4 Å². The van der Waals surface area contributed by atoms with Gasteiger partial charge < -0.3 is 9.80 Å². The lowest BCUT2D eigenvalue weighted by molar-refractivity contribution is -0.135. The number of carbonyl (C=O) groups is 1. The minimum absolute atomic E-state index is 0.0471. The van der Waals surface area contributed by atoms with Crippen LogP contribution in [0, 0.1) is 5.92 Å². The van der Waals surface area contributed by atoms with Gasteiger partial charge in [-0.25, -0.2) is 9.97 Å². The van der Waals surface area contributed by atoms with Crippen molar-refractivity contribution in [1.29, 1.82) is 0 Å². The summed E-state index contributed by atoms with van der Waals surface area (Å²) in [7, 11) is 1.92. The van der Waals surface area contributed by atoms with Crippen molar-refractivity contribution in [2.45, 2.75) is 32.7 Å². The standard InChI is InChI=1S/C19H25N5O/c1-14(2)19(25)23(3)15-7-10-24(11-8-15)18-12-17(21-13-22-18)16-6-4-5-9-20-16/h4-6,9,12-15H,7-8,10-11H2,1-3H3. The molecule has 0 aliphatic carbocycles. The van der Waals surface area contributed by atoms with Crippen molar-refractivity contribution in [1.82, 2.24) is 19.9 Å². The van der Waals surface area contributed by atoms with E-state index in [-0.39, 0.29) is 11.8 Å². The summed E-state index contributed by atoms with van der Waals surface area (Å²) in [6.45, 7) is 5.68. The van der Waals surface area contributed by atoms with Gasteiger partial charge in [0.1, 0.15) is 12.1 Å². The van der Waals surface area contributed by atoms with Crippen molar-refractivity contribution in [3.63, 3.8) is 0 Å². The molecule has 1 fully saturated rings. The first-order valence-corrected chi connectivity index (χ1v) is 8.81. The summed E-state index contributed by atoms with van der Waals surface area (Å²) in [6.07, 6.45) is 5.28. The summed E-state index contributed by atoms with van der Waals surface area (Å²) in [4.78, 5) is 29.5. The first-order valence-electron chi connectivity index (χ1n) is 8.81. The summed E-state index contributed by atoms with van der Waals surface area (Å²) < 4.78 is 0. The number of carbonyl (C=O) groups excluding carboxylic acids is 1. The molecule has 0 spiro atoms. The third-order valence-corrected chi connectivity index (χ3v) is 4.76. The Balaban J connectivity index is 1.66. The molecule has 0 saturated carbocycles. The number of anilines is 1. The van der Waals surface area contributed by atoms with Gasteiger partial charge in [-0.05, 0) is 25.0 Å². The summed E-state index contributed by atoms with van der Waals surface area (Å²) in [5.74, 6) is 1.19. The molecule has 0 radical (unpaired) electrons. The molecule has 6 heteroatoms. The van der Waals surface area contributed by atoms with Crippen LogP contribution < -0.4 is 4.90 Å². The average Bonchev–Trinajstić information content (AvgIpc) is 2.67. The van der Waals surface area contributed by atoms with Crippen molar-refractivity contribution in [2.24, 2.45) is 5.92 Å². The Hall–Kier alpha value is -2.50. The predicted octanol–water partition coefficient (Wildman–Crippen LogP) is 2.62. The third-order valence-electron chi connectivity index (χ3n) is 4.76. The van der Waals surface area contributed by atoms with E-state index in [1.807, 2.05) is 50.1 Å². The van der Waals surface area contributed by atoms with E-state index in [0.717, 1.165) is 43.1 Å². The number of pyridine rings is 1. The van der Waals surface area contributed by atoms with Crippen LogP contribution >= 0.6 is 0 Å². The molecule has 0 aromatic carbocycles. The van der Waals surface area contributed by atoms with Gasteiger partial charge in [0.2, 0.25) is 5.91 Å². The number of hydrogen-bond acceptors (Lipinski definition) is 5. The van der Waals surface area contributed by atoms with Crippen LogP contribution in [0.25, 0.3) is 11.4 Å². The lowest BCUT2D eigenvalue weighted by Gasteiger charge is -2.37. The second kappa shape index (κ2) is 7.59. The van der Waals surface area contributed by atoms with Gasteiger partial charge in [0.15, 0.2) is 0 Å². The molecule has 1 aliphatic rings. The molecule has 0 bridgehead atoms. The van der Waals surface area contributed by atoms with Crippen LogP contribution in [0.5, 0.6) is 0 Å². The summed E-state index contributed by atoms with van der Waals surface area (Å²) >= 11 is 0. The highest BCUT2D eigenvalue weighted by Gasteiger charge is 2.27. The minimum atomic E-state index is 0.0471. The van der Waals surface area contributed by atoms with E-state index in [0.29, 0.717) is 6.04 Å². The Kier molecular flexibility index (Phi) is 5.26. The lowest BCUT2D eigenvalue weighted by atomic mass is 10.0. The Bertz CT molecular complexity index is 711. The number of hydrogen-bond donors (Lipinski definition) is 0. The SMILES string of the molecule is CC(C)C(=O)N(C)C1CCN(c2cc(-c3ccccn3)ncn2)CC1. The third kappa shape index (κ3) is 3.95. The summed E-state index contributed by atoms with van der Waals surface area (Å²) in [5, 5.41) is 0. The quantitative estimate of drug-likeness (QED) is 0.857. The van der Waals surface area contributed by atoms with Crippen LogP contribution in [0.4, 0.5) is 5.82 Å². The molecular formula is C19H25N5O.